The molecule has 0 aliphatic carbocycles. The molecule has 102 valence electrons. The molecule has 0 spiro atoms. The van der Waals surface area contributed by atoms with E-state index in [0.717, 1.165) is 10.3 Å². The van der Waals surface area contributed by atoms with E-state index in [1.54, 1.807) is 23.5 Å². The highest BCUT2D eigenvalue weighted by Gasteiger charge is 2.21. The van der Waals surface area contributed by atoms with E-state index in [9.17, 15) is 4.39 Å². The number of thiophene rings is 1. The van der Waals surface area contributed by atoms with Crippen molar-refractivity contribution in [3.63, 3.8) is 0 Å². The van der Waals surface area contributed by atoms with Crippen LogP contribution in [0, 0.1) is 5.82 Å². The molecule has 0 aliphatic heterocycles. The van der Waals surface area contributed by atoms with Crippen LogP contribution in [-0.4, -0.2) is 7.05 Å². The Labute approximate surface area is 126 Å². The van der Waals surface area contributed by atoms with Gasteiger partial charge in [-0.1, -0.05) is 35.9 Å². The van der Waals surface area contributed by atoms with Gasteiger partial charge in [-0.25, -0.2) is 4.39 Å². The van der Waals surface area contributed by atoms with Gasteiger partial charge in [0.05, 0.1) is 6.04 Å². The summed E-state index contributed by atoms with van der Waals surface area (Å²) in [6.07, 6.45) is 0. The van der Waals surface area contributed by atoms with Gasteiger partial charge in [0.25, 0.3) is 0 Å². The maximum atomic E-state index is 14.2. The van der Waals surface area contributed by atoms with Crippen molar-refractivity contribution in [2.75, 3.05) is 7.05 Å². The van der Waals surface area contributed by atoms with Gasteiger partial charge in [0, 0.05) is 15.3 Å². The fourth-order valence-corrected chi connectivity index (χ4v) is 3.70. The van der Waals surface area contributed by atoms with E-state index in [-0.39, 0.29) is 11.9 Å². The summed E-state index contributed by atoms with van der Waals surface area (Å²) in [6, 6.07) is 12.7. The lowest BCUT2D eigenvalue weighted by Crippen LogP contribution is -2.19. The van der Waals surface area contributed by atoms with Gasteiger partial charge >= 0.3 is 0 Å². The largest absolute Gasteiger partial charge is 0.309 e. The van der Waals surface area contributed by atoms with Crippen molar-refractivity contribution in [3.8, 4) is 0 Å². The normalized spacial score (nSPS) is 12.8. The molecule has 1 unspecified atom stereocenters. The van der Waals surface area contributed by atoms with E-state index in [2.05, 4.69) is 17.4 Å². The molecule has 0 radical (unpaired) electrons. The Bertz CT molecular complexity index is 733. The third-order valence-corrected chi connectivity index (χ3v) is 4.71. The van der Waals surface area contributed by atoms with E-state index in [4.69, 9.17) is 11.6 Å². The van der Waals surface area contributed by atoms with Crippen molar-refractivity contribution in [2.45, 2.75) is 6.04 Å². The van der Waals surface area contributed by atoms with Gasteiger partial charge in [0.1, 0.15) is 5.82 Å². The maximum Gasteiger partial charge on any atom is 0.129 e. The molecule has 1 aromatic heterocycles. The molecule has 0 aliphatic rings. The average molecular weight is 306 g/mol. The fourth-order valence-electron chi connectivity index (χ4n) is 2.49. The molecule has 1 N–H and O–H groups in total. The van der Waals surface area contributed by atoms with Crippen molar-refractivity contribution in [3.05, 3.63) is 69.8 Å². The first-order chi connectivity index (χ1) is 9.72. The molecule has 1 heterocycles. The van der Waals surface area contributed by atoms with Gasteiger partial charge < -0.3 is 5.32 Å². The molecule has 20 heavy (non-hydrogen) atoms. The number of nitrogens with one attached hydrogen (secondary N) is 1. The van der Waals surface area contributed by atoms with Crippen LogP contribution in [0.3, 0.4) is 0 Å². The molecule has 0 fully saturated rings. The van der Waals surface area contributed by atoms with Gasteiger partial charge in [-0.2, -0.15) is 0 Å². The molecular formula is C16H13ClFNS. The van der Waals surface area contributed by atoms with Crippen LogP contribution in [0.2, 0.25) is 5.02 Å². The van der Waals surface area contributed by atoms with Crippen LogP contribution in [0.25, 0.3) is 10.1 Å². The number of hydrogen-bond donors (Lipinski definition) is 1. The minimum atomic E-state index is -0.287. The second-order valence-corrected chi connectivity index (χ2v) is 5.87. The zero-order chi connectivity index (χ0) is 14.1. The van der Waals surface area contributed by atoms with E-state index in [0.29, 0.717) is 10.6 Å². The summed E-state index contributed by atoms with van der Waals surface area (Å²) in [5.41, 5.74) is 1.55. The quantitative estimate of drug-likeness (QED) is 0.718. The van der Waals surface area contributed by atoms with Crippen LogP contribution in [0.4, 0.5) is 4.39 Å². The molecule has 1 atom stereocenters. The monoisotopic (exact) mass is 305 g/mol. The Hall–Kier alpha value is -1.42. The second-order valence-electron chi connectivity index (χ2n) is 4.54. The van der Waals surface area contributed by atoms with Crippen LogP contribution in [0.1, 0.15) is 17.2 Å². The van der Waals surface area contributed by atoms with Crippen LogP contribution in [0.5, 0.6) is 0 Å². The van der Waals surface area contributed by atoms with Crippen LogP contribution in [0.15, 0.2) is 47.8 Å². The Morgan fingerprint density at radius 1 is 1.15 bits per heavy atom. The van der Waals surface area contributed by atoms with Crippen molar-refractivity contribution in [1.29, 1.82) is 0 Å². The summed E-state index contributed by atoms with van der Waals surface area (Å²) in [6.45, 7) is 0. The standard InChI is InChI=1S/C16H13ClFNS/c1-19-15(14-12(17)6-3-7-13(14)18)11-5-2-4-10-8-9-20-16(10)11/h2-9,15,19H,1H3. The Morgan fingerprint density at radius 2 is 1.95 bits per heavy atom. The summed E-state index contributed by atoms with van der Waals surface area (Å²) in [5.74, 6) is -0.287. The van der Waals surface area contributed by atoms with Crippen molar-refractivity contribution < 1.29 is 4.39 Å². The zero-order valence-corrected chi connectivity index (χ0v) is 12.4. The van der Waals surface area contributed by atoms with Gasteiger partial charge in [0.15, 0.2) is 0 Å². The fraction of sp³-hybridized carbons (Fsp3) is 0.125. The van der Waals surface area contributed by atoms with Gasteiger partial charge in [-0.3, -0.25) is 0 Å². The number of rotatable bonds is 3. The summed E-state index contributed by atoms with van der Waals surface area (Å²) in [4.78, 5) is 0. The topological polar surface area (TPSA) is 12.0 Å². The predicted molar refractivity (Wildman–Crippen MR) is 84.1 cm³/mol. The lowest BCUT2D eigenvalue weighted by Gasteiger charge is -2.20. The highest BCUT2D eigenvalue weighted by molar-refractivity contribution is 7.17. The molecule has 4 heteroatoms. The molecular weight excluding hydrogens is 293 g/mol. The van der Waals surface area contributed by atoms with Gasteiger partial charge in [-0.15, -0.1) is 11.3 Å². The lowest BCUT2D eigenvalue weighted by atomic mass is 9.97. The minimum absolute atomic E-state index is 0.258. The van der Waals surface area contributed by atoms with Crippen LogP contribution >= 0.6 is 22.9 Å². The number of benzene rings is 2. The summed E-state index contributed by atoms with van der Waals surface area (Å²) in [7, 11) is 1.82. The van der Waals surface area contributed by atoms with Crippen LogP contribution in [-0.2, 0) is 0 Å². The third-order valence-electron chi connectivity index (χ3n) is 3.40. The first-order valence-electron chi connectivity index (χ1n) is 6.29. The van der Waals surface area contributed by atoms with Gasteiger partial charge in [0.2, 0.25) is 0 Å². The molecule has 1 nitrogen and oxygen atoms in total. The third kappa shape index (κ3) is 2.22. The smallest absolute Gasteiger partial charge is 0.129 e. The SMILES string of the molecule is CNC(c1c(F)cccc1Cl)c1cccc2ccsc12. The number of halogens is 2. The Kier molecular flexibility index (Phi) is 3.74. The predicted octanol–water partition coefficient (Wildman–Crippen LogP) is 5.00. The van der Waals surface area contributed by atoms with Crippen LogP contribution < -0.4 is 5.32 Å². The van der Waals surface area contributed by atoms with E-state index in [1.807, 2.05) is 24.6 Å². The molecule has 0 saturated heterocycles. The minimum Gasteiger partial charge on any atom is -0.309 e. The summed E-state index contributed by atoms with van der Waals surface area (Å²) in [5, 5.41) is 6.84. The molecule has 0 saturated carbocycles. The highest BCUT2D eigenvalue weighted by atomic mass is 35.5. The molecule has 3 rings (SSSR count). The molecule has 0 amide bonds. The van der Waals surface area contributed by atoms with E-state index < -0.39 is 0 Å². The first kappa shape index (κ1) is 13.6. The summed E-state index contributed by atoms with van der Waals surface area (Å²) < 4.78 is 15.3. The first-order valence-corrected chi connectivity index (χ1v) is 7.55. The molecule has 2 aromatic carbocycles. The molecule has 0 bridgehead atoms. The van der Waals surface area contributed by atoms with Crippen molar-refractivity contribution in [2.24, 2.45) is 0 Å². The number of hydrogen-bond acceptors (Lipinski definition) is 2. The van der Waals surface area contributed by atoms with Crippen molar-refractivity contribution >= 4 is 33.0 Å². The summed E-state index contributed by atoms with van der Waals surface area (Å²) >= 11 is 7.86. The lowest BCUT2D eigenvalue weighted by molar-refractivity contribution is 0.578. The maximum absolute atomic E-state index is 14.2. The Balaban J connectivity index is 2.22. The highest BCUT2D eigenvalue weighted by Crippen LogP contribution is 2.35. The van der Waals surface area contributed by atoms with E-state index in [1.165, 1.54) is 11.5 Å². The zero-order valence-electron chi connectivity index (χ0n) is 10.9. The van der Waals surface area contributed by atoms with E-state index >= 15 is 0 Å². The number of fused-ring (bicyclic) bond motifs is 1. The Morgan fingerprint density at radius 3 is 2.70 bits per heavy atom. The molecule has 3 aromatic rings. The van der Waals surface area contributed by atoms with Gasteiger partial charge in [-0.05, 0) is 41.6 Å². The second kappa shape index (κ2) is 5.52. The average Bonchev–Trinajstić information content (AvgIpc) is 2.91. The van der Waals surface area contributed by atoms with Crippen molar-refractivity contribution in [1.82, 2.24) is 5.32 Å².